The van der Waals surface area contributed by atoms with Crippen LogP contribution in [-0.2, 0) is 0 Å². The van der Waals surface area contributed by atoms with Crippen LogP contribution < -0.4 is 5.73 Å². The van der Waals surface area contributed by atoms with Crippen LogP contribution in [-0.4, -0.2) is 29.6 Å². The lowest BCUT2D eigenvalue weighted by Gasteiger charge is -2.29. The number of nitrogens with two attached hydrogens (primary N) is 1. The highest BCUT2D eigenvalue weighted by atomic mass is 15.1. The first-order valence-electron chi connectivity index (χ1n) is 6.91. The Kier molecular flexibility index (Phi) is 8.20. The second-order valence-corrected chi connectivity index (χ2v) is 5.28. The normalized spacial score (nSPS) is 16.5. The van der Waals surface area contributed by atoms with E-state index in [1.165, 1.54) is 25.8 Å². The first kappa shape index (κ1) is 16.4. The lowest BCUT2D eigenvalue weighted by atomic mass is 9.99. The van der Waals surface area contributed by atoms with Crippen LogP contribution in [0, 0.1) is 11.3 Å². The lowest BCUT2D eigenvalue weighted by Crippen LogP contribution is -2.38. The average Bonchev–Trinajstić information content (AvgIpc) is 2.32. The van der Waals surface area contributed by atoms with Crippen molar-refractivity contribution in [2.24, 2.45) is 5.73 Å². The maximum absolute atomic E-state index is 8.87. The van der Waals surface area contributed by atoms with Crippen LogP contribution in [0.4, 0.5) is 0 Å². The highest BCUT2D eigenvalue weighted by Gasteiger charge is 2.18. The third kappa shape index (κ3) is 7.36. The summed E-state index contributed by atoms with van der Waals surface area (Å²) in [5.41, 5.74) is 5.17. The molecule has 0 bridgehead atoms. The topological polar surface area (TPSA) is 53.0 Å². The van der Waals surface area contributed by atoms with Crippen LogP contribution in [0.5, 0.6) is 0 Å². The van der Waals surface area contributed by atoms with E-state index in [1.807, 2.05) is 6.92 Å². The third-order valence-electron chi connectivity index (χ3n) is 3.41. The predicted octanol–water partition coefficient (Wildman–Crippen LogP) is 2.91. The largest absolute Gasteiger partial charge is 0.314 e. The lowest BCUT2D eigenvalue weighted by molar-refractivity contribution is 0.194. The van der Waals surface area contributed by atoms with Crippen molar-refractivity contribution in [2.75, 3.05) is 13.1 Å². The van der Waals surface area contributed by atoms with Crippen LogP contribution in [0.1, 0.15) is 59.8 Å². The summed E-state index contributed by atoms with van der Waals surface area (Å²) in [5.74, 6) is 0. The summed E-state index contributed by atoms with van der Waals surface area (Å²) in [6.45, 7) is 10.8. The van der Waals surface area contributed by atoms with Crippen LogP contribution in [0.3, 0.4) is 0 Å². The molecule has 0 radical (unpaired) electrons. The minimum absolute atomic E-state index is 0.632. The van der Waals surface area contributed by atoms with E-state index < -0.39 is 5.54 Å². The maximum Gasteiger partial charge on any atom is 0.101 e. The fourth-order valence-corrected chi connectivity index (χ4v) is 1.88. The Morgan fingerprint density at radius 2 is 1.88 bits per heavy atom. The summed E-state index contributed by atoms with van der Waals surface area (Å²) in [5, 5.41) is 8.87. The van der Waals surface area contributed by atoms with Crippen molar-refractivity contribution in [1.82, 2.24) is 4.90 Å². The molecule has 0 aromatic carbocycles. The molecule has 0 heterocycles. The van der Waals surface area contributed by atoms with Crippen molar-refractivity contribution in [3.05, 3.63) is 0 Å². The Balaban J connectivity index is 4.04. The Labute approximate surface area is 107 Å². The van der Waals surface area contributed by atoms with E-state index in [1.54, 1.807) is 0 Å². The van der Waals surface area contributed by atoms with Gasteiger partial charge in [-0.3, -0.25) is 0 Å². The molecule has 0 amide bonds. The van der Waals surface area contributed by atoms with Gasteiger partial charge >= 0.3 is 0 Å². The molecule has 2 N–H and O–H groups in total. The van der Waals surface area contributed by atoms with E-state index in [-0.39, 0.29) is 0 Å². The van der Waals surface area contributed by atoms with Crippen LogP contribution in [0.15, 0.2) is 0 Å². The Bertz CT molecular complexity index is 230. The quantitative estimate of drug-likeness (QED) is 0.673. The smallest absolute Gasteiger partial charge is 0.101 e. The molecule has 0 saturated heterocycles. The molecule has 0 saturated carbocycles. The molecular weight excluding hydrogens is 210 g/mol. The molecule has 100 valence electrons. The molecule has 0 aliphatic carbocycles. The van der Waals surface area contributed by atoms with Gasteiger partial charge < -0.3 is 10.6 Å². The van der Waals surface area contributed by atoms with Crippen molar-refractivity contribution in [1.29, 1.82) is 5.26 Å². The summed E-state index contributed by atoms with van der Waals surface area (Å²) in [6, 6.07) is 2.79. The molecule has 3 nitrogen and oxygen atoms in total. The van der Waals surface area contributed by atoms with E-state index in [2.05, 4.69) is 31.7 Å². The minimum atomic E-state index is -0.661. The van der Waals surface area contributed by atoms with Gasteiger partial charge in [0, 0.05) is 6.04 Å². The van der Waals surface area contributed by atoms with Gasteiger partial charge in [-0.2, -0.15) is 5.26 Å². The number of nitriles is 1. The van der Waals surface area contributed by atoms with Gasteiger partial charge in [-0.1, -0.05) is 20.3 Å². The first-order valence-corrected chi connectivity index (χ1v) is 6.91. The second-order valence-electron chi connectivity index (χ2n) is 5.28. The fourth-order valence-electron chi connectivity index (χ4n) is 1.88. The zero-order chi connectivity index (χ0) is 13.3. The SMILES string of the molecule is CCCCN(CCCC(C)(N)C#N)C(C)CC. The van der Waals surface area contributed by atoms with Crippen molar-refractivity contribution in [3.8, 4) is 6.07 Å². The molecule has 0 aromatic heterocycles. The second kappa shape index (κ2) is 8.49. The highest BCUT2D eigenvalue weighted by molar-refractivity contribution is 5.00. The van der Waals surface area contributed by atoms with E-state index in [0.717, 1.165) is 19.4 Å². The molecule has 0 rings (SSSR count). The third-order valence-corrected chi connectivity index (χ3v) is 3.41. The monoisotopic (exact) mass is 239 g/mol. The standard InChI is InChI=1S/C14H29N3/c1-5-7-10-17(13(3)6-2)11-8-9-14(4,16)12-15/h13H,5-11,16H2,1-4H3. The number of hydrogen-bond donors (Lipinski definition) is 1. The number of rotatable bonds is 9. The molecular formula is C14H29N3. The van der Waals surface area contributed by atoms with Crippen molar-refractivity contribution < 1.29 is 0 Å². The van der Waals surface area contributed by atoms with E-state index in [0.29, 0.717) is 6.04 Å². The van der Waals surface area contributed by atoms with E-state index in [9.17, 15) is 0 Å². The van der Waals surface area contributed by atoms with Crippen LogP contribution in [0.25, 0.3) is 0 Å². The molecule has 0 aromatic rings. The van der Waals surface area contributed by atoms with Crippen LogP contribution >= 0.6 is 0 Å². The van der Waals surface area contributed by atoms with E-state index >= 15 is 0 Å². The summed E-state index contributed by atoms with van der Waals surface area (Å²) in [4.78, 5) is 2.52. The van der Waals surface area contributed by atoms with Gasteiger partial charge in [0.2, 0.25) is 0 Å². The predicted molar refractivity (Wildman–Crippen MR) is 73.7 cm³/mol. The first-order chi connectivity index (χ1) is 7.96. The zero-order valence-electron chi connectivity index (χ0n) is 12.0. The van der Waals surface area contributed by atoms with Gasteiger partial charge in [0.25, 0.3) is 0 Å². The van der Waals surface area contributed by atoms with Crippen molar-refractivity contribution in [3.63, 3.8) is 0 Å². The van der Waals surface area contributed by atoms with Crippen LogP contribution in [0.2, 0.25) is 0 Å². The van der Waals surface area contributed by atoms with Gasteiger partial charge in [-0.25, -0.2) is 0 Å². The molecule has 2 unspecified atom stereocenters. The number of unbranched alkanes of at least 4 members (excludes halogenated alkanes) is 1. The minimum Gasteiger partial charge on any atom is -0.314 e. The Hall–Kier alpha value is -0.590. The molecule has 0 spiro atoms. The van der Waals surface area contributed by atoms with Gasteiger partial charge in [-0.15, -0.1) is 0 Å². The zero-order valence-corrected chi connectivity index (χ0v) is 12.0. The molecule has 0 aliphatic rings. The van der Waals surface area contributed by atoms with Gasteiger partial charge in [0.15, 0.2) is 0 Å². The molecule has 0 aliphatic heterocycles. The summed E-state index contributed by atoms with van der Waals surface area (Å²) in [7, 11) is 0. The number of hydrogen-bond acceptors (Lipinski definition) is 3. The maximum atomic E-state index is 8.87. The highest BCUT2D eigenvalue weighted by Crippen LogP contribution is 2.11. The van der Waals surface area contributed by atoms with Crippen molar-refractivity contribution >= 4 is 0 Å². The van der Waals surface area contributed by atoms with Gasteiger partial charge in [0.1, 0.15) is 5.54 Å². The number of nitrogens with zero attached hydrogens (tertiary/aromatic N) is 2. The van der Waals surface area contributed by atoms with Crippen molar-refractivity contribution in [2.45, 2.75) is 71.4 Å². The Morgan fingerprint density at radius 3 is 2.35 bits per heavy atom. The van der Waals surface area contributed by atoms with Gasteiger partial charge in [-0.05, 0) is 52.6 Å². The fraction of sp³-hybridized carbons (Fsp3) is 0.929. The molecule has 0 fully saturated rings. The van der Waals surface area contributed by atoms with Gasteiger partial charge in [0.05, 0.1) is 6.07 Å². The summed E-state index contributed by atoms with van der Waals surface area (Å²) >= 11 is 0. The average molecular weight is 239 g/mol. The molecule has 3 heteroatoms. The molecule has 17 heavy (non-hydrogen) atoms. The molecule has 2 atom stereocenters. The van der Waals surface area contributed by atoms with E-state index in [4.69, 9.17) is 11.0 Å². The summed E-state index contributed by atoms with van der Waals surface area (Å²) < 4.78 is 0. The summed E-state index contributed by atoms with van der Waals surface area (Å²) in [6.07, 6.45) is 5.46. The Morgan fingerprint density at radius 1 is 1.29 bits per heavy atom.